The molecule has 0 spiro atoms. The van der Waals surface area contributed by atoms with Crippen LogP contribution in [0.5, 0.6) is 0 Å². The van der Waals surface area contributed by atoms with Gasteiger partial charge in [0.1, 0.15) is 5.82 Å². The topological polar surface area (TPSA) is 34.9 Å². The molecule has 0 amide bonds. The molecule has 0 N–H and O–H groups in total. The Kier molecular flexibility index (Phi) is 3.38. The fourth-order valence-corrected chi connectivity index (χ4v) is 2.02. The molecule has 1 heterocycles. The average Bonchev–Trinajstić information content (AvgIpc) is 2.78. The Morgan fingerprint density at radius 2 is 2.06 bits per heavy atom. The third-order valence-corrected chi connectivity index (χ3v) is 2.95. The molecule has 0 fully saturated rings. The van der Waals surface area contributed by atoms with Gasteiger partial charge in [0.2, 0.25) is 0 Å². The number of Topliss-reactive ketones (excluding diaryl/α,β-unsaturated/α-hetero) is 1. The first-order chi connectivity index (χ1) is 8.24. The standard InChI is InChI=1S/C14H16N2O/c1-3-13(16-10-9-15-11(16)2)14(17)12-7-5-4-6-8-12/h4-10,13H,3H2,1-2H3. The zero-order chi connectivity index (χ0) is 12.3. The Balaban J connectivity index is 2.32. The molecular formula is C14H16N2O. The molecular weight excluding hydrogens is 212 g/mol. The summed E-state index contributed by atoms with van der Waals surface area (Å²) in [7, 11) is 0. The minimum absolute atomic E-state index is 0.147. The number of aryl methyl sites for hydroxylation is 1. The molecule has 0 aliphatic carbocycles. The van der Waals surface area contributed by atoms with E-state index in [9.17, 15) is 4.79 Å². The maximum Gasteiger partial charge on any atom is 0.185 e. The summed E-state index contributed by atoms with van der Waals surface area (Å²) in [6, 6.07) is 9.26. The molecule has 0 radical (unpaired) electrons. The molecule has 2 rings (SSSR count). The molecule has 1 atom stereocenters. The van der Waals surface area contributed by atoms with E-state index in [1.165, 1.54) is 0 Å². The average molecular weight is 228 g/mol. The fraction of sp³-hybridized carbons (Fsp3) is 0.286. The molecule has 0 aliphatic heterocycles. The number of ketones is 1. The van der Waals surface area contributed by atoms with Gasteiger partial charge in [0, 0.05) is 18.0 Å². The summed E-state index contributed by atoms with van der Waals surface area (Å²) in [5, 5.41) is 0. The predicted molar refractivity (Wildman–Crippen MR) is 67.1 cm³/mol. The second-order valence-corrected chi connectivity index (χ2v) is 4.04. The second kappa shape index (κ2) is 4.95. The molecule has 0 saturated heterocycles. The van der Waals surface area contributed by atoms with E-state index in [1.54, 1.807) is 6.20 Å². The zero-order valence-corrected chi connectivity index (χ0v) is 10.1. The van der Waals surface area contributed by atoms with Gasteiger partial charge in [-0.15, -0.1) is 0 Å². The summed E-state index contributed by atoms with van der Waals surface area (Å²) in [5.41, 5.74) is 0.757. The van der Waals surface area contributed by atoms with Crippen LogP contribution in [0, 0.1) is 6.92 Å². The number of imidazole rings is 1. The highest BCUT2D eigenvalue weighted by molar-refractivity contribution is 5.98. The molecule has 0 aliphatic rings. The molecule has 3 nitrogen and oxygen atoms in total. The maximum atomic E-state index is 12.4. The van der Waals surface area contributed by atoms with Crippen LogP contribution in [0.25, 0.3) is 0 Å². The quantitative estimate of drug-likeness (QED) is 0.754. The number of rotatable bonds is 4. The van der Waals surface area contributed by atoms with Crippen molar-refractivity contribution in [3.8, 4) is 0 Å². The minimum atomic E-state index is -0.153. The number of benzene rings is 1. The van der Waals surface area contributed by atoms with Crippen molar-refractivity contribution in [3.05, 3.63) is 54.1 Å². The Morgan fingerprint density at radius 3 is 2.59 bits per heavy atom. The van der Waals surface area contributed by atoms with Gasteiger partial charge in [-0.1, -0.05) is 37.3 Å². The van der Waals surface area contributed by atoms with Gasteiger partial charge in [0.15, 0.2) is 5.78 Å². The third-order valence-electron chi connectivity index (χ3n) is 2.95. The van der Waals surface area contributed by atoms with Crippen LogP contribution in [0.3, 0.4) is 0 Å². The van der Waals surface area contributed by atoms with Crippen molar-refractivity contribution in [3.63, 3.8) is 0 Å². The summed E-state index contributed by atoms with van der Waals surface area (Å²) < 4.78 is 1.94. The van der Waals surface area contributed by atoms with Gasteiger partial charge in [-0.2, -0.15) is 0 Å². The lowest BCUT2D eigenvalue weighted by atomic mass is 10.0. The van der Waals surface area contributed by atoms with Gasteiger partial charge in [0.25, 0.3) is 0 Å². The van der Waals surface area contributed by atoms with Crippen molar-refractivity contribution in [1.29, 1.82) is 0 Å². The molecule has 1 unspecified atom stereocenters. The van der Waals surface area contributed by atoms with Gasteiger partial charge < -0.3 is 4.57 Å². The van der Waals surface area contributed by atoms with Crippen molar-refractivity contribution in [2.45, 2.75) is 26.3 Å². The lowest BCUT2D eigenvalue weighted by Crippen LogP contribution is -2.19. The molecule has 0 saturated carbocycles. The van der Waals surface area contributed by atoms with E-state index in [2.05, 4.69) is 4.98 Å². The van der Waals surface area contributed by atoms with E-state index in [4.69, 9.17) is 0 Å². The molecule has 3 heteroatoms. The van der Waals surface area contributed by atoms with Gasteiger partial charge in [0.05, 0.1) is 6.04 Å². The number of hydrogen-bond acceptors (Lipinski definition) is 2. The number of carbonyl (C=O) groups is 1. The second-order valence-electron chi connectivity index (χ2n) is 4.04. The minimum Gasteiger partial charge on any atom is -0.324 e. The Hall–Kier alpha value is -1.90. The highest BCUT2D eigenvalue weighted by Crippen LogP contribution is 2.19. The first-order valence-corrected chi connectivity index (χ1v) is 5.82. The van der Waals surface area contributed by atoms with Gasteiger partial charge in [-0.05, 0) is 13.3 Å². The van der Waals surface area contributed by atoms with Crippen molar-refractivity contribution in [1.82, 2.24) is 9.55 Å². The zero-order valence-electron chi connectivity index (χ0n) is 10.1. The van der Waals surface area contributed by atoms with Crippen LogP contribution < -0.4 is 0 Å². The highest BCUT2D eigenvalue weighted by atomic mass is 16.1. The van der Waals surface area contributed by atoms with Crippen LogP contribution in [0.4, 0.5) is 0 Å². The Labute approximate surface area is 101 Å². The molecule has 88 valence electrons. The van der Waals surface area contributed by atoms with Crippen molar-refractivity contribution < 1.29 is 4.79 Å². The van der Waals surface area contributed by atoms with E-state index in [0.29, 0.717) is 0 Å². The van der Waals surface area contributed by atoms with Crippen molar-refractivity contribution in [2.24, 2.45) is 0 Å². The number of aromatic nitrogens is 2. The summed E-state index contributed by atoms with van der Waals surface area (Å²) in [6.45, 7) is 3.94. The van der Waals surface area contributed by atoms with E-state index in [1.807, 2.05) is 54.9 Å². The lowest BCUT2D eigenvalue weighted by molar-refractivity contribution is 0.0921. The third kappa shape index (κ3) is 2.28. The van der Waals surface area contributed by atoms with Gasteiger partial charge >= 0.3 is 0 Å². The summed E-state index contributed by atoms with van der Waals surface area (Å²) >= 11 is 0. The van der Waals surface area contributed by atoms with Gasteiger partial charge in [-0.3, -0.25) is 4.79 Å². The van der Waals surface area contributed by atoms with E-state index >= 15 is 0 Å². The van der Waals surface area contributed by atoms with Crippen LogP contribution >= 0.6 is 0 Å². The monoisotopic (exact) mass is 228 g/mol. The normalized spacial score (nSPS) is 12.4. The van der Waals surface area contributed by atoms with E-state index in [0.717, 1.165) is 17.8 Å². The van der Waals surface area contributed by atoms with Crippen LogP contribution in [0.2, 0.25) is 0 Å². The maximum absolute atomic E-state index is 12.4. The first kappa shape index (κ1) is 11.6. The fourth-order valence-electron chi connectivity index (χ4n) is 2.02. The number of nitrogens with zero attached hydrogens (tertiary/aromatic N) is 2. The number of hydrogen-bond donors (Lipinski definition) is 0. The van der Waals surface area contributed by atoms with Crippen LogP contribution in [0.1, 0.15) is 35.6 Å². The molecule has 1 aromatic carbocycles. The van der Waals surface area contributed by atoms with E-state index in [-0.39, 0.29) is 11.8 Å². The smallest absolute Gasteiger partial charge is 0.185 e. The SMILES string of the molecule is CCC(C(=O)c1ccccc1)n1ccnc1C. The largest absolute Gasteiger partial charge is 0.324 e. The lowest BCUT2D eigenvalue weighted by Gasteiger charge is -2.17. The Morgan fingerprint density at radius 1 is 1.35 bits per heavy atom. The number of carbonyl (C=O) groups excluding carboxylic acids is 1. The molecule has 0 bridgehead atoms. The summed E-state index contributed by atoms with van der Waals surface area (Å²) in [5.74, 6) is 1.02. The van der Waals surface area contributed by atoms with Crippen LogP contribution in [-0.2, 0) is 0 Å². The first-order valence-electron chi connectivity index (χ1n) is 5.82. The summed E-state index contributed by atoms with van der Waals surface area (Å²) in [4.78, 5) is 16.6. The van der Waals surface area contributed by atoms with Crippen molar-refractivity contribution in [2.75, 3.05) is 0 Å². The van der Waals surface area contributed by atoms with Gasteiger partial charge in [-0.25, -0.2) is 4.98 Å². The molecule has 2 aromatic rings. The van der Waals surface area contributed by atoms with E-state index < -0.39 is 0 Å². The van der Waals surface area contributed by atoms with Crippen LogP contribution in [0.15, 0.2) is 42.7 Å². The highest BCUT2D eigenvalue weighted by Gasteiger charge is 2.20. The summed E-state index contributed by atoms with van der Waals surface area (Å²) in [6.07, 6.45) is 4.37. The molecule has 1 aromatic heterocycles. The Bertz CT molecular complexity index is 502. The van der Waals surface area contributed by atoms with Crippen LogP contribution in [-0.4, -0.2) is 15.3 Å². The molecule has 17 heavy (non-hydrogen) atoms. The van der Waals surface area contributed by atoms with Crippen molar-refractivity contribution >= 4 is 5.78 Å². The predicted octanol–water partition coefficient (Wildman–Crippen LogP) is 3.03.